The standard InChI is InChI=1S/C13H20O4/c1-9(14)17-13-5-10(2)3-11(15,7-13)6-12(16,4-10)8-13/h15-16H,3-8H2,1-2H3. The van der Waals surface area contributed by atoms with E-state index in [0.29, 0.717) is 32.1 Å². The predicted octanol–water partition coefficient (Wildman–Crippen LogP) is 1.14. The minimum Gasteiger partial charge on any atom is -0.459 e. The zero-order valence-electron chi connectivity index (χ0n) is 10.5. The van der Waals surface area contributed by atoms with Crippen molar-refractivity contribution in [1.82, 2.24) is 0 Å². The summed E-state index contributed by atoms with van der Waals surface area (Å²) in [6, 6.07) is 0. The largest absolute Gasteiger partial charge is 0.459 e. The molecule has 0 aromatic heterocycles. The number of hydrogen-bond donors (Lipinski definition) is 2. The van der Waals surface area contributed by atoms with Crippen LogP contribution in [-0.2, 0) is 9.53 Å². The van der Waals surface area contributed by atoms with Gasteiger partial charge in [0, 0.05) is 26.2 Å². The van der Waals surface area contributed by atoms with Gasteiger partial charge in [0.05, 0.1) is 11.2 Å². The molecule has 4 saturated carbocycles. The number of aliphatic hydroxyl groups is 2. The smallest absolute Gasteiger partial charge is 0.303 e. The zero-order valence-corrected chi connectivity index (χ0v) is 10.5. The van der Waals surface area contributed by atoms with Crippen molar-refractivity contribution in [3.05, 3.63) is 0 Å². The van der Waals surface area contributed by atoms with Crippen molar-refractivity contribution in [3.63, 3.8) is 0 Å². The lowest BCUT2D eigenvalue weighted by atomic mass is 9.45. The second-order valence-electron chi connectivity index (χ2n) is 7.10. The van der Waals surface area contributed by atoms with E-state index < -0.39 is 16.8 Å². The molecule has 2 unspecified atom stereocenters. The summed E-state index contributed by atoms with van der Waals surface area (Å²) in [5.41, 5.74) is -2.45. The molecule has 0 aromatic rings. The number of carbonyl (C=O) groups excluding carboxylic acids is 1. The van der Waals surface area contributed by atoms with Crippen LogP contribution in [0.3, 0.4) is 0 Å². The van der Waals surface area contributed by atoms with Crippen molar-refractivity contribution < 1.29 is 19.7 Å². The van der Waals surface area contributed by atoms with Gasteiger partial charge in [0.2, 0.25) is 0 Å². The summed E-state index contributed by atoms with van der Waals surface area (Å²) in [4.78, 5) is 11.3. The second-order valence-corrected chi connectivity index (χ2v) is 7.10. The highest BCUT2D eigenvalue weighted by Gasteiger charge is 2.68. The van der Waals surface area contributed by atoms with E-state index in [1.165, 1.54) is 6.92 Å². The molecule has 17 heavy (non-hydrogen) atoms. The fraction of sp³-hybridized carbons (Fsp3) is 0.923. The maximum atomic E-state index is 11.3. The van der Waals surface area contributed by atoms with Gasteiger partial charge in [-0.15, -0.1) is 0 Å². The van der Waals surface area contributed by atoms with Crippen LogP contribution in [0.4, 0.5) is 0 Å². The first-order valence-corrected chi connectivity index (χ1v) is 6.30. The molecule has 0 aliphatic heterocycles. The van der Waals surface area contributed by atoms with Gasteiger partial charge < -0.3 is 14.9 Å². The SMILES string of the molecule is CC(=O)OC12CC3(C)CC(O)(CC(O)(C3)C1)C2. The highest BCUT2D eigenvalue weighted by Crippen LogP contribution is 2.65. The van der Waals surface area contributed by atoms with Crippen molar-refractivity contribution in [2.75, 3.05) is 0 Å². The predicted molar refractivity (Wildman–Crippen MR) is 60.2 cm³/mol. The summed E-state index contributed by atoms with van der Waals surface area (Å²) in [5.74, 6) is -0.317. The average molecular weight is 240 g/mol. The molecular weight excluding hydrogens is 220 g/mol. The van der Waals surface area contributed by atoms with Gasteiger partial charge in [-0.05, 0) is 24.7 Å². The van der Waals surface area contributed by atoms with Crippen molar-refractivity contribution in [3.8, 4) is 0 Å². The van der Waals surface area contributed by atoms with E-state index in [9.17, 15) is 15.0 Å². The number of esters is 1. The Morgan fingerprint density at radius 1 is 1.00 bits per heavy atom. The molecule has 2 atom stereocenters. The van der Waals surface area contributed by atoms with Crippen molar-refractivity contribution in [1.29, 1.82) is 0 Å². The van der Waals surface area contributed by atoms with E-state index in [4.69, 9.17) is 4.74 Å². The van der Waals surface area contributed by atoms with Crippen LogP contribution in [-0.4, -0.2) is 33.0 Å². The Hall–Kier alpha value is -0.610. The van der Waals surface area contributed by atoms with Crippen LogP contribution < -0.4 is 0 Å². The van der Waals surface area contributed by atoms with Crippen LogP contribution in [0.5, 0.6) is 0 Å². The van der Waals surface area contributed by atoms with E-state index in [0.717, 1.165) is 6.42 Å². The Morgan fingerprint density at radius 2 is 1.53 bits per heavy atom. The fourth-order valence-electron chi connectivity index (χ4n) is 5.34. The van der Waals surface area contributed by atoms with Gasteiger partial charge in [0.25, 0.3) is 0 Å². The minimum atomic E-state index is -0.853. The van der Waals surface area contributed by atoms with Crippen LogP contribution >= 0.6 is 0 Å². The first kappa shape index (κ1) is 11.5. The molecule has 4 bridgehead atoms. The van der Waals surface area contributed by atoms with Gasteiger partial charge >= 0.3 is 5.97 Å². The normalized spacial score (nSPS) is 56.0. The third-order valence-corrected chi connectivity index (χ3v) is 4.58. The van der Waals surface area contributed by atoms with Gasteiger partial charge in [0.15, 0.2) is 0 Å². The van der Waals surface area contributed by atoms with Gasteiger partial charge in [-0.1, -0.05) is 6.92 Å². The average Bonchev–Trinajstić information content (AvgIpc) is 1.87. The van der Waals surface area contributed by atoms with E-state index in [1.807, 2.05) is 0 Å². The molecule has 0 saturated heterocycles. The summed E-state index contributed by atoms with van der Waals surface area (Å²) >= 11 is 0. The molecule has 4 fully saturated rings. The summed E-state index contributed by atoms with van der Waals surface area (Å²) in [6.07, 6.45) is 3.59. The van der Waals surface area contributed by atoms with Crippen LogP contribution in [0.1, 0.15) is 52.4 Å². The van der Waals surface area contributed by atoms with Crippen molar-refractivity contribution in [2.45, 2.75) is 69.2 Å². The van der Waals surface area contributed by atoms with Gasteiger partial charge in [-0.2, -0.15) is 0 Å². The monoisotopic (exact) mass is 240 g/mol. The maximum absolute atomic E-state index is 11.3. The molecule has 0 heterocycles. The zero-order chi connectivity index (χ0) is 12.5. The van der Waals surface area contributed by atoms with E-state index in [1.54, 1.807) is 0 Å². The molecule has 0 spiro atoms. The first-order valence-electron chi connectivity index (χ1n) is 6.30. The molecule has 4 rings (SSSR count). The lowest BCUT2D eigenvalue weighted by Crippen LogP contribution is -2.69. The molecule has 0 aromatic carbocycles. The molecule has 0 radical (unpaired) electrons. The molecule has 96 valence electrons. The minimum absolute atomic E-state index is 0.103. The molecule has 4 aliphatic carbocycles. The number of ether oxygens (including phenoxy) is 1. The molecular formula is C13H20O4. The molecule has 4 heteroatoms. The number of carbonyl (C=O) groups is 1. The van der Waals surface area contributed by atoms with E-state index in [-0.39, 0.29) is 11.4 Å². The summed E-state index contributed by atoms with van der Waals surface area (Å²) in [6.45, 7) is 3.48. The topological polar surface area (TPSA) is 66.8 Å². The lowest BCUT2D eigenvalue weighted by Gasteiger charge is -2.65. The summed E-state index contributed by atoms with van der Waals surface area (Å²) < 4.78 is 5.49. The Kier molecular flexibility index (Phi) is 1.93. The Morgan fingerprint density at radius 3 is 1.94 bits per heavy atom. The van der Waals surface area contributed by atoms with Crippen LogP contribution in [0.25, 0.3) is 0 Å². The van der Waals surface area contributed by atoms with Gasteiger partial charge in [-0.3, -0.25) is 4.79 Å². The third-order valence-electron chi connectivity index (χ3n) is 4.58. The van der Waals surface area contributed by atoms with Gasteiger partial charge in [0.1, 0.15) is 5.60 Å². The molecule has 4 nitrogen and oxygen atoms in total. The van der Waals surface area contributed by atoms with Crippen molar-refractivity contribution >= 4 is 5.97 Å². The maximum Gasteiger partial charge on any atom is 0.303 e. The Balaban J connectivity index is 2.01. The molecule has 2 N–H and O–H groups in total. The molecule has 0 amide bonds. The lowest BCUT2D eigenvalue weighted by molar-refractivity contribution is -0.281. The molecule has 4 aliphatic rings. The fourth-order valence-corrected chi connectivity index (χ4v) is 5.34. The second kappa shape index (κ2) is 2.86. The summed E-state index contributed by atoms with van der Waals surface area (Å²) in [7, 11) is 0. The van der Waals surface area contributed by atoms with Crippen LogP contribution in [0.2, 0.25) is 0 Å². The number of rotatable bonds is 1. The van der Waals surface area contributed by atoms with E-state index in [2.05, 4.69) is 6.92 Å². The first-order chi connectivity index (χ1) is 7.66. The Labute approximate surface area is 101 Å². The highest BCUT2D eigenvalue weighted by atomic mass is 16.6. The quantitative estimate of drug-likeness (QED) is 0.674. The van der Waals surface area contributed by atoms with E-state index >= 15 is 0 Å². The van der Waals surface area contributed by atoms with Crippen molar-refractivity contribution in [2.24, 2.45) is 5.41 Å². The Bertz CT molecular complexity index is 335. The van der Waals surface area contributed by atoms with Gasteiger partial charge in [-0.25, -0.2) is 0 Å². The third kappa shape index (κ3) is 1.69. The number of hydrogen-bond acceptors (Lipinski definition) is 4. The van der Waals surface area contributed by atoms with Crippen LogP contribution in [0, 0.1) is 5.41 Å². The van der Waals surface area contributed by atoms with Crippen LogP contribution in [0.15, 0.2) is 0 Å². The summed E-state index contributed by atoms with van der Waals surface area (Å²) in [5, 5.41) is 21.1. The highest BCUT2D eigenvalue weighted by molar-refractivity contribution is 5.66.